The van der Waals surface area contributed by atoms with Gasteiger partial charge >= 0.3 is 18.3 Å². The molecule has 1 unspecified atom stereocenters. The van der Waals surface area contributed by atoms with Gasteiger partial charge in [-0.25, -0.2) is 27.7 Å². The Bertz CT molecular complexity index is 1790. The number of carboxylic acids is 1. The van der Waals surface area contributed by atoms with Gasteiger partial charge in [-0.2, -0.15) is 26.3 Å². The van der Waals surface area contributed by atoms with E-state index < -0.39 is 40.1 Å². The molecule has 0 radical (unpaired) electrons. The van der Waals surface area contributed by atoms with Gasteiger partial charge in [-0.15, -0.1) is 5.10 Å². The number of alkyl halides is 6. The monoisotopic (exact) mass is 656 g/mol. The Labute approximate surface area is 241 Å². The molecule has 1 aliphatic heterocycles. The molecule has 1 saturated heterocycles. The number of fused-ring (bicyclic) bond motifs is 2. The number of imidazole rings is 1. The minimum absolute atomic E-state index is 0.0158. The average molecular weight is 657 g/mol. The molecule has 4 aromatic rings. The lowest BCUT2D eigenvalue weighted by molar-refractivity contribution is -0.192. The van der Waals surface area contributed by atoms with Crippen molar-refractivity contribution >= 4 is 56.1 Å². The van der Waals surface area contributed by atoms with Crippen molar-refractivity contribution in [2.75, 3.05) is 35.2 Å². The molecule has 232 valence electrons. The topological polar surface area (TPSA) is 177 Å². The first-order chi connectivity index (χ1) is 19.9. The second-order valence-electron chi connectivity index (χ2n) is 8.96. The Morgan fingerprint density at radius 2 is 1.77 bits per heavy atom. The first-order valence-corrected chi connectivity index (χ1v) is 14.0. The summed E-state index contributed by atoms with van der Waals surface area (Å²) in [5, 5.41) is 13.0. The second-order valence-corrected chi connectivity index (χ2v) is 11.7. The van der Waals surface area contributed by atoms with Crippen molar-refractivity contribution in [3.63, 3.8) is 0 Å². The van der Waals surface area contributed by atoms with E-state index in [2.05, 4.69) is 15.1 Å². The molecule has 4 N–H and O–H groups in total. The summed E-state index contributed by atoms with van der Waals surface area (Å²) in [7, 11) is -3.32. The molecule has 1 fully saturated rings. The zero-order valence-electron chi connectivity index (χ0n) is 21.3. The molecule has 43 heavy (non-hydrogen) atoms. The van der Waals surface area contributed by atoms with Gasteiger partial charge in [0.1, 0.15) is 17.7 Å². The summed E-state index contributed by atoms with van der Waals surface area (Å²) in [5.41, 5.74) is 5.44. The van der Waals surface area contributed by atoms with Crippen molar-refractivity contribution in [1.29, 1.82) is 0 Å². The number of anilines is 2. The number of aliphatic carboxylic acids is 1. The summed E-state index contributed by atoms with van der Waals surface area (Å²) in [4.78, 5) is 31.5. The van der Waals surface area contributed by atoms with Crippen LogP contribution in [0.1, 0.15) is 22.0 Å². The van der Waals surface area contributed by atoms with Crippen LogP contribution in [0.3, 0.4) is 0 Å². The molecule has 0 bridgehead atoms. The van der Waals surface area contributed by atoms with Crippen molar-refractivity contribution < 1.29 is 49.5 Å². The highest BCUT2D eigenvalue weighted by atomic mass is 35.5. The van der Waals surface area contributed by atoms with Crippen LogP contribution in [-0.4, -0.2) is 86.3 Å². The molecule has 0 aliphatic carbocycles. The van der Waals surface area contributed by atoms with Crippen LogP contribution in [0.25, 0.3) is 11.2 Å². The van der Waals surface area contributed by atoms with Crippen molar-refractivity contribution in [2.24, 2.45) is 0 Å². The SMILES string of the molecule is Nc1nn2cccnc2c1C(=O)NC(c1cc(Cl)c2cncn2c1N1CCS(=O)(=O)CC1)C(F)(F)F.O=C(O)C(F)(F)F. The molecule has 1 atom stereocenters. The van der Waals surface area contributed by atoms with Gasteiger partial charge in [0.25, 0.3) is 5.91 Å². The Morgan fingerprint density at radius 1 is 1.14 bits per heavy atom. The summed E-state index contributed by atoms with van der Waals surface area (Å²) < 4.78 is 102. The molecule has 5 rings (SSSR count). The summed E-state index contributed by atoms with van der Waals surface area (Å²) in [5.74, 6) is -4.64. The zero-order valence-corrected chi connectivity index (χ0v) is 22.8. The molecule has 0 spiro atoms. The van der Waals surface area contributed by atoms with E-state index in [0.29, 0.717) is 5.52 Å². The standard InChI is InChI=1S/C20H18ClF3N8O3S.C2HF3O2/c21-12-8-11(19(31-10-26-9-13(12)31)30-4-6-36(34,35)7-5-30)15(20(22,23)24)28-18(33)14-16(25)29-32-3-1-2-27-17(14)32;3-2(4,5)1(6)7/h1-3,8-10,15H,4-7H2,(H2,25,29)(H,28,33);(H,6,7). The number of amides is 1. The molecule has 0 saturated carbocycles. The van der Waals surface area contributed by atoms with Crippen LogP contribution >= 0.6 is 11.6 Å². The van der Waals surface area contributed by atoms with Gasteiger partial charge in [0.2, 0.25) is 0 Å². The molecule has 1 aliphatic rings. The van der Waals surface area contributed by atoms with Gasteiger partial charge in [-0.05, 0) is 12.1 Å². The van der Waals surface area contributed by atoms with Gasteiger partial charge in [-0.3, -0.25) is 9.20 Å². The van der Waals surface area contributed by atoms with E-state index in [1.54, 1.807) is 0 Å². The molecule has 13 nitrogen and oxygen atoms in total. The fraction of sp³-hybridized carbons (Fsp3) is 0.318. The summed E-state index contributed by atoms with van der Waals surface area (Å²) in [6.07, 6.45) is -4.58. The van der Waals surface area contributed by atoms with Crippen LogP contribution in [0, 0.1) is 0 Å². The van der Waals surface area contributed by atoms with E-state index >= 15 is 0 Å². The van der Waals surface area contributed by atoms with E-state index in [0.717, 1.165) is 6.07 Å². The quantitative estimate of drug-likeness (QED) is 0.277. The van der Waals surface area contributed by atoms with E-state index in [1.807, 2.05) is 5.32 Å². The summed E-state index contributed by atoms with van der Waals surface area (Å²) >= 11 is 6.29. The Morgan fingerprint density at radius 3 is 2.35 bits per heavy atom. The number of carbonyl (C=O) groups excluding carboxylic acids is 1. The van der Waals surface area contributed by atoms with Gasteiger partial charge in [0.15, 0.2) is 27.3 Å². The van der Waals surface area contributed by atoms with Gasteiger partial charge < -0.3 is 21.1 Å². The predicted octanol–water partition coefficient (Wildman–Crippen LogP) is 2.51. The number of nitrogens with two attached hydrogens (primary N) is 1. The van der Waals surface area contributed by atoms with E-state index in [4.69, 9.17) is 27.2 Å². The van der Waals surface area contributed by atoms with Gasteiger partial charge in [0.05, 0.1) is 28.2 Å². The maximum absolute atomic E-state index is 14.5. The minimum Gasteiger partial charge on any atom is -0.475 e. The largest absolute Gasteiger partial charge is 0.490 e. The van der Waals surface area contributed by atoms with Crippen LogP contribution < -0.4 is 16.0 Å². The first-order valence-electron chi connectivity index (χ1n) is 11.8. The van der Waals surface area contributed by atoms with Crippen molar-refractivity contribution in [3.8, 4) is 0 Å². The number of nitrogens with one attached hydrogen (secondary N) is 1. The second kappa shape index (κ2) is 11.4. The molecule has 1 amide bonds. The number of nitrogens with zero attached hydrogens (tertiary/aromatic N) is 6. The number of carboxylic acid groups (broad SMARTS) is 1. The molecule has 4 aromatic heterocycles. The van der Waals surface area contributed by atoms with E-state index in [1.165, 1.54) is 44.8 Å². The van der Waals surface area contributed by atoms with Gasteiger partial charge in [-0.1, -0.05) is 11.6 Å². The minimum atomic E-state index is -5.08. The maximum atomic E-state index is 14.5. The third kappa shape index (κ3) is 6.69. The van der Waals surface area contributed by atoms with Crippen LogP contribution in [0.15, 0.2) is 37.1 Å². The highest BCUT2D eigenvalue weighted by Crippen LogP contribution is 2.41. The first kappa shape index (κ1) is 31.6. The fourth-order valence-corrected chi connectivity index (χ4v) is 5.65. The zero-order chi connectivity index (χ0) is 31.9. The highest BCUT2D eigenvalue weighted by Gasteiger charge is 2.45. The molecular weight excluding hydrogens is 638 g/mol. The summed E-state index contributed by atoms with van der Waals surface area (Å²) in [6.45, 7) is -0.0959. The lowest BCUT2D eigenvalue weighted by atomic mass is 10.0. The lowest BCUT2D eigenvalue weighted by Gasteiger charge is -2.33. The van der Waals surface area contributed by atoms with Crippen LogP contribution in [-0.2, 0) is 14.6 Å². The molecule has 0 aromatic carbocycles. The number of sulfone groups is 1. The third-order valence-electron chi connectivity index (χ3n) is 6.10. The van der Waals surface area contributed by atoms with E-state index in [9.17, 15) is 39.6 Å². The third-order valence-corrected chi connectivity index (χ3v) is 8.01. The molecule has 5 heterocycles. The van der Waals surface area contributed by atoms with Crippen LogP contribution in [0.5, 0.6) is 0 Å². The number of pyridine rings is 1. The number of nitrogen functional groups attached to an aromatic ring is 1. The molecule has 21 heteroatoms. The molecular formula is C22H19ClF6N8O5S. The average Bonchev–Trinajstić information content (AvgIpc) is 3.51. The van der Waals surface area contributed by atoms with Gasteiger partial charge in [0, 0.05) is 31.0 Å². The number of aromatic nitrogens is 5. The number of hydrogen-bond donors (Lipinski definition) is 3. The lowest BCUT2D eigenvalue weighted by Crippen LogP contribution is -2.44. The highest BCUT2D eigenvalue weighted by molar-refractivity contribution is 7.91. The van der Waals surface area contributed by atoms with Crippen molar-refractivity contribution in [3.05, 3.63) is 53.2 Å². The fourth-order valence-electron chi connectivity index (χ4n) is 4.19. The normalized spacial score (nSPS) is 16.0. The summed E-state index contributed by atoms with van der Waals surface area (Å²) in [6, 6.07) is 0.0983. The predicted molar refractivity (Wildman–Crippen MR) is 138 cm³/mol. The Balaban J connectivity index is 0.000000541. The van der Waals surface area contributed by atoms with Crippen molar-refractivity contribution in [2.45, 2.75) is 18.4 Å². The Kier molecular flexibility index (Phi) is 8.38. The van der Waals surface area contributed by atoms with Crippen LogP contribution in [0.4, 0.5) is 38.0 Å². The van der Waals surface area contributed by atoms with E-state index in [-0.39, 0.29) is 58.0 Å². The number of hydrogen-bond acceptors (Lipinski definition) is 9. The van der Waals surface area contributed by atoms with Crippen molar-refractivity contribution in [1.82, 2.24) is 29.3 Å². The number of rotatable bonds is 4. The number of halogens is 7. The maximum Gasteiger partial charge on any atom is 0.490 e. The van der Waals surface area contributed by atoms with Crippen LogP contribution in [0.2, 0.25) is 5.02 Å². The smallest absolute Gasteiger partial charge is 0.475 e. The number of carbonyl (C=O) groups is 2. The Hall–Kier alpha value is -4.33.